The standard InChI is InChI=1S/C18H20ClN5/c1-23-12-15(10-21-23)24-8-2-3-14(11-24)22-17-6-7-20-18-9-13(19)4-5-16(17)18/h4-7,9-10,12,14H,2-3,8,11H2,1H3,(H,20,22). The predicted molar refractivity (Wildman–Crippen MR) is 98.8 cm³/mol. The van der Waals surface area contributed by atoms with E-state index in [9.17, 15) is 0 Å². The van der Waals surface area contributed by atoms with Crippen LogP contribution in [-0.2, 0) is 7.05 Å². The van der Waals surface area contributed by atoms with Crippen LogP contribution in [0.25, 0.3) is 10.9 Å². The third-order valence-electron chi connectivity index (χ3n) is 4.54. The maximum absolute atomic E-state index is 6.08. The summed E-state index contributed by atoms with van der Waals surface area (Å²) in [5.74, 6) is 0. The molecular weight excluding hydrogens is 322 g/mol. The highest BCUT2D eigenvalue weighted by Crippen LogP contribution is 2.27. The molecule has 124 valence electrons. The van der Waals surface area contributed by atoms with Gasteiger partial charge in [-0.05, 0) is 37.1 Å². The third kappa shape index (κ3) is 3.04. The van der Waals surface area contributed by atoms with Crippen LogP contribution in [0.5, 0.6) is 0 Å². The van der Waals surface area contributed by atoms with Crippen LogP contribution < -0.4 is 10.2 Å². The summed E-state index contributed by atoms with van der Waals surface area (Å²) >= 11 is 6.08. The number of hydrogen-bond acceptors (Lipinski definition) is 4. The third-order valence-corrected chi connectivity index (χ3v) is 4.78. The van der Waals surface area contributed by atoms with Gasteiger partial charge in [0.15, 0.2) is 0 Å². The molecule has 0 saturated carbocycles. The largest absolute Gasteiger partial charge is 0.380 e. The van der Waals surface area contributed by atoms with Crippen molar-refractivity contribution in [3.63, 3.8) is 0 Å². The van der Waals surface area contributed by atoms with E-state index >= 15 is 0 Å². The van der Waals surface area contributed by atoms with E-state index in [2.05, 4.69) is 26.5 Å². The lowest BCUT2D eigenvalue weighted by Crippen LogP contribution is -2.42. The Balaban J connectivity index is 1.55. The van der Waals surface area contributed by atoms with Crippen LogP contribution in [0.2, 0.25) is 5.02 Å². The van der Waals surface area contributed by atoms with Gasteiger partial charge < -0.3 is 10.2 Å². The predicted octanol–water partition coefficient (Wildman–Crippen LogP) is 3.70. The summed E-state index contributed by atoms with van der Waals surface area (Å²) in [6, 6.07) is 8.30. The molecule has 1 unspecified atom stereocenters. The zero-order valence-corrected chi connectivity index (χ0v) is 14.4. The molecule has 0 bridgehead atoms. The van der Waals surface area contributed by atoms with Crippen molar-refractivity contribution < 1.29 is 0 Å². The summed E-state index contributed by atoms with van der Waals surface area (Å²) in [7, 11) is 1.96. The average molecular weight is 342 g/mol. The Kier molecular flexibility index (Phi) is 4.02. The average Bonchev–Trinajstić information content (AvgIpc) is 3.02. The topological polar surface area (TPSA) is 46.0 Å². The van der Waals surface area contributed by atoms with Crippen LogP contribution >= 0.6 is 11.6 Å². The van der Waals surface area contributed by atoms with Crippen molar-refractivity contribution in [1.29, 1.82) is 0 Å². The van der Waals surface area contributed by atoms with Crippen molar-refractivity contribution in [3.05, 3.63) is 47.9 Å². The van der Waals surface area contributed by atoms with E-state index in [1.807, 2.05) is 48.4 Å². The Hall–Kier alpha value is -2.27. The van der Waals surface area contributed by atoms with E-state index in [1.165, 1.54) is 12.1 Å². The zero-order chi connectivity index (χ0) is 16.5. The molecule has 3 heterocycles. The van der Waals surface area contributed by atoms with Crippen molar-refractivity contribution >= 4 is 33.9 Å². The Morgan fingerprint density at radius 3 is 3.04 bits per heavy atom. The van der Waals surface area contributed by atoms with Gasteiger partial charge in [-0.25, -0.2) is 0 Å². The number of aromatic nitrogens is 3. The number of nitrogens with one attached hydrogen (secondary N) is 1. The summed E-state index contributed by atoms with van der Waals surface area (Å²) in [6.45, 7) is 2.06. The fourth-order valence-electron chi connectivity index (χ4n) is 3.37. The number of aryl methyl sites for hydroxylation is 1. The zero-order valence-electron chi connectivity index (χ0n) is 13.6. The highest BCUT2D eigenvalue weighted by atomic mass is 35.5. The van der Waals surface area contributed by atoms with E-state index in [1.54, 1.807) is 0 Å². The smallest absolute Gasteiger partial charge is 0.0753 e. The quantitative estimate of drug-likeness (QED) is 0.789. The Morgan fingerprint density at radius 2 is 2.21 bits per heavy atom. The fraction of sp³-hybridized carbons (Fsp3) is 0.333. The van der Waals surface area contributed by atoms with Gasteiger partial charge in [-0.3, -0.25) is 9.67 Å². The van der Waals surface area contributed by atoms with E-state index in [0.29, 0.717) is 11.1 Å². The summed E-state index contributed by atoms with van der Waals surface area (Å²) in [5, 5.41) is 9.81. The first-order valence-electron chi connectivity index (χ1n) is 8.23. The molecule has 0 amide bonds. The van der Waals surface area contributed by atoms with Crippen LogP contribution in [-0.4, -0.2) is 33.9 Å². The highest BCUT2D eigenvalue weighted by molar-refractivity contribution is 6.31. The number of hydrogen-bond donors (Lipinski definition) is 1. The lowest BCUT2D eigenvalue weighted by molar-refractivity contribution is 0.530. The summed E-state index contributed by atoms with van der Waals surface area (Å²) in [4.78, 5) is 6.81. The maximum Gasteiger partial charge on any atom is 0.0753 e. The fourth-order valence-corrected chi connectivity index (χ4v) is 3.53. The van der Waals surface area contributed by atoms with E-state index in [0.717, 1.165) is 36.1 Å². The van der Waals surface area contributed by atoms with Crippen molar-refractivity contribution in [1.82, 2.24) is 14.8 Å². The second-order valence-corrected chi connectivity index (χ2v) is 6.76. The maximum atomic E-state index is 6.08. The highest BCUT2D eigenvalue weighted by Gasteiger charge is 2.21. The molecule has 0 spiro atoms. The Bertz CT molecular complexity index is 859. The lowest BCUT2D eigenvalue weighted by atomic mass is 10.0. The van der Waals surface area contributed by atoms with Crippen molar-refractivity contribution in [2.24, 2.45) is 7.05 Å². The molecule has 1 aromatic carbocycles. The van der Waals surface area contributed by atoms with Crippen molar-refractivity contribution in [2.75, 3.05) is 23.3 Å². The number of anilines is 2. The van der Waals surface area contributed by atoms with Crippen LogP contribution in [0.15, 0.2) is 42.9 Å². The number of piperidine rings is 1. The second-order valence-electron chi connectivity index (χ2n) is 6.32. The van der Waals surface area contributed by atoms with E-state index in [4.69, 9.17) is 11.6 Å². The first kappa shape index (κ1) is 15.3. The van der Waals surface area contributed by atoms with E-state index in [-0.39, 0.29) is 0 Å². The lowest BCUT2D eigenvalue weighted by Gasteiger charge is -2.34. The molecule has 24 heavy (non-hydrogen) atoms. The second kappa shape index (κ2) is 6.32. The molecule has 1 N–H and O–H groups in total. The number of benzene rings is 1. The molecular formula is C18H20ClN5. The summed E-state index contributed by atoms with van der Waals surface area (Å²) < 4.78 is 1.85. The molecule has 1 aliphatic heterocycles. The summed E-state index contributed by atoms with van der Waals surface area (Å²) in [5.41, 5.74) is 3.23. The number of rotatable bonds is 3. The van der Waals surface area contributed by atoms with Gasteiger partial charge >= 0.3 is 0 Å². The monoisotopic (exact) mass is 341 g/mol. The summed E-state index contributed by atoms with van der Waals surface area (Å²) in [6.07, 6.45) is 8.18. The van der Waals surface area contributed by atoms with Gasteiger partial charge in [-0.15, -0.1) is 0 Å². The molecule has 3 aromatic rings. The van der Waals surface area contributed by atoms with Gasteiger partial charge in [-0.1, -0.05) is 11.6 Å². The minimum absolute atomic E-state index is 0.403. The first-order valence-corrected chi connectivity index (χ1v) is 8.61. The van der Waals surface area contributed by atoms with Gasteiger partial charge in [0.1, 0.15) is 0 Å². The van der Waals surface area contributed by atoms with Crippen molar-refractivity contribution in [3.8, 4) is 0 Å². The van der Waals surface area contributed by atoms with Crippen LogP contribution in [0.4, 0.5) is 11.4 Å². The van der Waals surface area contributed by atoms with Gasteiger partial charge in [0, 0.05) is 54.7 Å². The molecule has 6 heteroatoms. The number of fused-ring (bicyclic) bond motifs is 1. The molecule has 2 aromatic heterocycles. The molecule has 1 saturated heterocycles. The Morgan fingerprint density at radius 1 is 1.29 bits per heavy atom. The number of halogens is 1. The van der Waals surface area contributed by atoms with E-state index < -0.39 is 0 Å². The molecule has 4 rings (SSSR count). The molecule has 5 nitrogen and oxygen atoms in total. The van der Waals surface area contributed by atoms with Crippen LogP contribution in [0.3, 0.4) is 0 Å². The minimum Gasteiger partial charge on any atom is -0.380 e. The van der Waals surface area contributed by atoms with Gasteiger partial charge in [-0.2, -0.15) is 5.10 Å². The number of nitrogens with zero attached hydrogens (tertiary/aromatic N) is 4. The molecule has 0 aliphatic carbocycles. The number of pyridine rings is 1. The first-order chi connectivity index (χ1) is 11.7. The molecule has 0 radical (unpaired) electrons. The van der Waals surface area contributed by atoms with Crippen LogP contribution in [0, 0.1) is 0 Å². The normalized spacial score (nSPS) is 18.1. The molecule has 1 aliphatic rings. The van der Waals surface area contributed by atoms with Gasteiger partial charge in [0.05, 0.1) is 17.4 Å². The molecule has 1 atom stereocenters. The van der Waals surface area contributed by atoms with Crippen LogP contribution in [0.1, 0.15) is 12.8 Å². The Labute approximate surface area is 146 Å². The SMILES string of the molecule is Cn1cc(N2CCCC(Nc3ccnc4cc(Cl)ccc34)C2)cn1. The van der Waals surface area contributed by atoms with Gasteiger partial charge in [0.25, 0.3) is 0 Å². The molecule has 1 fully saturated rings. The minimum atomic E-state index is 0.403. The van der Waals surface area contributed by atoms with Gasteiger partial charge in [0.2, 0.25) is 0 Å². The van der Waals surface area contributed by atoms with Crippen molar-refractivity contribution in [2.45, 2.75) is 18.9 Å².